The summed E-state index contributed by atoms with van der Waals surface area (Å²) in [6, 6.07) is 105. The Balaban J connectivity index is 1.05. The first kappa shape index (κ1) is 43.3. The van der Waals surface area contributed by atoms with Crippen molar-refractivity contribution in [3.05, 3.63) is 302 Å². The predicted molar refractivity (Wildman–Crippen MR) is 312 cm³/mol. The summed E-state index contributed by atoms with van der Waals surface area (Å²) in [6.07, 6.45) is 0. The molecule has 1 heterocycles. The van der Waals surface area contributed by atoms with E-state index in [9.17, 15) is 0 Å². The molecular formula is C72H50N2. The fourth-order valence-corrected chi connectivity index (χ4v) is 12.4. The number of aromatic nitrogens is 1. The standard InChI is InChI=1S/C72H50N2/c1-72(52-28-7-3-8-29-52)63-40-16-11-36-62(63)71-61(39-23-41-64(71)72)58-35-15-20-45-68(58)74(67-44-19-14-34-57(67)60-38-22-27-50-26-21-37-55(70(50)60)49-24-5-2-6-25-49)65-42-17-12-32-54(65)51-46-47-59-56-33-13-18-43-66(56)73(69(59)48-51)53-30-9-4-10-31-53/h2-48H,1H3. The van der Waals surface area contributed by atoms with Gasteiger partial charge < -0.3 is 9.47 Å². The van der Waals surface area contributed by atoms with Crippen LogP contribution in [0.25, 0.3) is 93.9 Å². The molecule has 0 aliphatic heterocycles. The van der Waals surface area contributed by atoms with Gasteiger partial charge in [-0.05, 0) is 116 Å². The number of hydrogen-bond acceptors (Lipinski definition) is 1. The largest absolute Gasteiger partial charge is 0.309 e. The molecule has 1 atom stereocenters. The van der Waals surface area contributed by atoms with Gasteiger partial charge in [0.2, 0.25) is 0 Å². The molecule has 1 aliphatic carbocycles. The van der Waals surface area contributed by atoms with Gasteiger partial charge in [-0.2, -0.15) is 0 Å². The van der Waals surface area contributed by atoms with Crippen molar-refractivity contribution >= 4 is 49.6 Å². The van der Waals surface area contributed by atoms with Crippen molar-refractivity contribution in [1.82, 2.24) is 4.57 Å². The average molecular weight is 943 g/mol. The zero-order chi connectivity index (χ0) is 49.2. The lowest BCUT2D eigenvalue weighted by Crippen LogP contribution is -2.22. The number of fused-ring (bicyclic) bond motifs is 7. The highest BCUT2D eigenvalue weighted by molar-refractivity contribution is 6.12. The Morgan fingerprint density at radius 3 is 1.55 bits per heavy atom. The van der Waals surface area contributed by atoms with Crippen molar-refractivity contribution in [3.63, 3.8) is 0 Å². The third-order valence-electron chi connectivity index (χ3n) is 15.7. The first-order chi connectivity index (χ1) is 36.6. The van der Waals surface area contributed by atoms with Gasteiger partial charge in [0.1, 0.15) is 0 Å². The van der Waals surface area contributed by atoms with Crippen molar-refractivity contribution in [2.24, 2.45) is 0 Å². The molecule has 0 spiro atoms. The minimum absolute atomic E-state index is 0.345. The van der Waals surface area contributed by atoms with Gasteiger partial charge >= 0.3 is 0 Å². The van der Waals surface area contributed by atoms with Crippen LogP contribution < -0.4 is 4.90 Å². The van der Waals surface area contributed by atoms with Crippen molar-refractivity contribution in [3.8, 4) is 61.3 Å². The molecule has 0 bridgehead atoms. The Morgan fingerprint density at radius 2 is 0.824 bits per heavy atom. The van der Waals surface area contributed by atoms with Gasteiger partial charge in [-0.15, -0.1) is 0 Å². The van der Waals surface area contributed by atoms with Crippen LogP contribution in [0.3, 0.4) is 0 Å². The lowest BCUT2D eigenvalue weighted by molar-refractivity contribution is 0.714. The maximum absolute atomic E-state index is 2.55. The van der Waals surface area contributed by atoms with Gasteiger partial charge in [0, 0.05) is 38.6 Å². The summed E-state index contributed by atoms with van der Waals surface area (Å²) < 4.78 is 2.42. The van der Waals surface area contributed by atoms with Crippen LogP contribution in [0.1, 0.15) is 23.6 Å². The van der Waals surface area contributed by atoms with Gasteiger partial charge in [0.05, 0.1) is 28.1 Å². The summed E-state index contributed by atoms with van der Waals surface area (Å²) in [7, 11) is 0. The third-order valence-corrected chi connectivity index (χ3v) is 15.7. The Hall–Kier alpha value is -9.50. The van der Waals surface area contributed by atoms with E-state index in [0.717, 1.165) is 45.0 Å². The lowest BCUT2D eigenvalue weighted by atomic mass is 9.74. The van der Waals surface area contributed by atoms with Crippen LogP contribution in [0.2, 0.25) is 0 Å². The van der Waals surface area contributed by atoms with Crippen LogP contribution in [-0.4, -0.2) is 4.57 Å². The van der Waals surface area contributed by atoms with E-state index < -0.39 is 0 Å². The summed E-state index contributed by atoms with van der Waals surface area (Å²) >= 11 is 0. The number of anilines is 3. The van der Waals surface area contributed by atoms with E-state index >= 15 is 0 Å². The molecule has 2 heteroatoms. The van der Waals surface area contributed by atoms with E-state index in [1.807, 2.05) is 0 Å². The van der Waals surface area contributed by atoms with Crippen LogP contribution >= 0.6 is 0 Å². The molecule has 1 aromatic heterocycles. The highest BCUT2D eigenvalue weighted by Crippen LogP contribution is 2.57. The quantitative estimate of drug-likeness (QED) is 0.140. The Kier molecular flexibility index (Phi) is 10.3. The Bertz CT molecular complexity index is 4260. The van der Waals surface area contributed by atoms with Crippen LogP contribution in [0.4, 0.5) is 17.1 Å². The maximum atomic E-state index is 2.55. The normalized spacial score (nSPS) is 13.8. The molecule has 0 amide bonds. The van der Waals surface area contributed by atoms with Crippen LogP contribution in [0.5, 0.6) is 0 Å². The molecule has 0 saturated heterocycles. The molecule has 1 unspecified atom stereocenters. The fraction of sp³-hybridized carbons (Fsp3) is 0.0278. The second-order valence-electron chi connectivity index (χ2n) is 19.6. The number of nitrogens with zero attached hydrogens (tertiary/aromatic N) is 2. The Labute approximate surface area is 432 Å². The molecule has 74 heavy (non-hydrogen) atoms. The summed E-state index contributed by atoms with van der Waals surface area (Å²) in [5.74, 6) is 0. The fourth-order valence-electron chi connectivity index (χ4n) is 12.4. The molecule has 0 fully saturated rings. The monoisotopic (exact) mass is 942 g/mol. The van der Waals surface area contributed by atoms with Crippen molar-refractivity contribution < 1.29 is 0 Å². The summed E-state index contributed by atoms with van der Waals surface area (Å²) in [6.45, 7) is 2.41. The second kappa shape index (κ2) is 17.7. The van der Waals surface area contributed by atoms with Gasteiger partial charge in [-0.3, -0.25) is 0 Å². The van der Waals surface area contributed by atoms with E-state index in [2.05, 4.69) is 302 Å². The van der Waals surface area contributed by atoms with E-state index in [1.165, 1.54) is 82.6 Å². The number of para-hydroxylation sites is 5. The zero-order valence-corrected chi connectivity index (χ0v) is 41.0. The van der Waals surface area contributed by atoms with Crippen molar-refractivity contribution in [1.29, 1.82) is 0 Å². The molecule has 1 aliphatic rings. The van der Waals surface area contributed by atoms with Crippen LogP contribution in [-0.2, 0) is 5.41 Å². The molecule has 0 radical (unpaired) electrons. The smallest absolute Gasteiger partial charge is 0.0547 e. The van der Waals surface area contributed by atoms with E-state index in [-0.39, 0.29) is 5.41 Å². The molecule has 0 N–H and O–H groups in total. The predicted octanol–water partition coefficient (Wildman–Crippen LogP) is 19.4. The average Bonchev–Trinajstić information content (AvgIpc) is 4.00. The highest BCUT2D eigenvalue weighted by atomic mass is 15.2. The van der Waals surface area contributed by atoms with Crippen molar-refractivity contribution in [2.75, 3.05) is 4.90 Å². The van der Waals surface area contributed by atoms with E-state index in [1.54, 1.807) is 0 Å². The van der Waals surface area contributed by atoms with Gasteiger partial charge in [-0.25, -0.2) is 0 Å². The van der Waals surface area contributed by atoms with Gasteiger partial charge in [0.15, 0.2) is 0 Å². The molecule has 12 aromatic carbocycles. The minimum atomic E-state index is -0.345. The molecule has 13 aromatic rings. The van der Waals surface area contributed by atoms with Crippen LogP contribution in [0.15, 0.2) is 285 Å². The highest BCUT2D eigenvalue weighted by Gasteiger charge is 2.42. The summed E-state index contributed by atoms with van der Waals surface area (Å²) in [4.78, 5) is 2.55. The van der Waals surface area contributed by atoms with Crippen LogP contribution in [0, 0.1) is 0 Å². The topological polar surface area (TPSA) is 8.17 Å². The minimum Gasteiger partial charge on any atom is -0.309 e. The lowest BCUT2D eigenvalue weighted by Gasteiger charge is -2.32. The van der Waals surface area contributed by atoms with Gasteiger partial charge in [-0.1, -0.05) is 243 Å². The third kappa shape index (κ3) is 6.80. The number of benzene rings is 12. The van der Waals surface area contributed by atoms with Crippen molar-refractivity contribution in [2.45, 2.75) is 12.3 Å². The van der Waals surface area contributed by atoms with E-state index in [4.69, 9.17) is 0 Å². The SMILES string of the molecule is CC1(c2ccccc2)c2ccccc2-c2c(-c3ccccc3N(c3ccccc3-c3ccc4c5ccccc5n(-c5ccccc5)c4c3)c3ccccc3-c3cccc4cccc(-c5ccccc5)c34)cccc21. The molecule has 348 valence electrons. The maximum Gasteiger partial charge on any atom is 0.0547 e. The second-order valence-corrected chi connectivity index (χ2v) is 19.6. The molecule has 2 nitrogen and oxygen atoms in total. The van der Waals surface area contributed by atoms with E-state index in [0.29, 0.717) is 0 Å². The number of hydrogen-bond donors (Lipinski definition) is 0. The first-order valence-electron chi connectivity index (χ1n) is 25.7. The molecule has 0 saturated carbocycles. The summed E-state index contributed by atoms with van der Waals surface area (Å²) in [5, 5.41) is 4.89. The Morgan fingerprint density at radius 1 is 0.324 bits per heavy atom. The number of rotatable bonds is 9. The van der Waals surface area contributed by atoms with Gasteiger partial charge in [0.25, 0.3) is 0 Å². The first-order valence-corrected chi connectivity index (χ1v) is 25.7. The summed E-state index contributed by atoms with van der Waals surface area (Å²) in [5.41, 5.74) is 22.3. The zero-order valence-electron chi connectivity index (χ0n) is 41.0. The molecular weight excluding hydrogens is 893 g/mol. The molecule has 14 rings (SSSR count).